The Hall–Kier alpha value is -2.75. The van der Waals surface area contributed by atoms with Crippen LogP contribution in [0.5, 0.6) is 0 Å². The first-order valence-corrected chi connectivity index (χ1v) is 13.4. The standard InChI is InChI=1S/C25H33N5O2S2/c1-5-13-30(14-6-2)34(31,32)22-11-12-24-23(16-22)20(18-29(24)4)17-26-28-25(33)27-21-10-8-9-19(7-3)15-21/h8-12,15-18H,5-7,13-14H2,1-4H3,(H2,27,28,33). The molecule has 0 atom stereocenters. The summed E-state index contributed by atoms with van der Waals surface area (Å²) >= 11 is 5.35. The number of aromatic nitrogens is 1. The van der Waals surface area contributed by atoms with E-state index in [0.717, 1.165) is 41.4 Å². The molecule has 7 nitrogen and oxygen atoms in total. The van der Waals surface area contributed by atoms with Crippen molar-refractivity contribution in [2.75, 3.05) is 18.4 Å². The number of hydrogen-bond donors (Lipinski definition) is 2. The Bertz CT molecular complexity index is 1280. The van der Waals surface area contributed by atoms with E-state index in [1.807, 2.05) is 55.9 Å². The molecule has 182 valence electrons. The van der Waals surface area contributed by atoms with Gasteiger partial charge in [-0.05, 0) is 67.4 Å². The second kappa shape index (κ2) is 11.6. The van der Waals surface area contributed by atoms with Crippen LogP contribution in [0.15, 0.2) is 58.7 Å². The molecule has 1 heterocycles. The number of anilines is 1. The third-order valence-corrected chi connectivity index (χ3v) is 7.63. The van der Waals surface area contributed by atoms with Crippen molar-refractivity contribution in [1.82, 2.24) is 14.3 Å². The number of hydrazone groups is 1. The zero-order valence-electron chi connectivity index (χ0n) is 20.2. The van der Waals surface area contributed by atoms with Crippen LogP contribution in [-0.2, 0) is 23.5 Å². The highest BCUT2D eigenvalue weighted by atomic mass is 32.2. The van der Waals surface area contributed by atoms with Gasteiger partial charge in [0, 0.05) is 48.5 Å². The van der Waals surface area contributed by atoms with Crippen molar-refractivity contribution in [1.29, 1.82) is 0 Å². The van der Waals surface area contributed by atoms with Crippen LogP contribution in [0.3, 0.4) is 0 Å². The molecule has 2 aromatic carbocycles. The number of thiocarbonyl (C=S) groups is 1. The fourth-order valence-corrected chi connectivity index (χ4v) is 5.67. The molecule has 0 aliphatic heterocycles. The zero-order chi connectivity index (χ0) is 24.7. The van der Waals surface area contributed by atoms with Crippen LogP contribution >= 0.6 is 12.2 Å². The summed E-state index contributed by atoms with van der Waals surface area (Å²) < 4.78 is 30.0. The summed E-state index contributed by atoms with van der Waals surface area (Å²) in [6.45, 7) is 7.09. The molecular formula is C25H33N5O2S2. The number of rotatable bonds is 10. The summed E-state index contributed by atoms with van der Waals surface area (Å²) in [6, 6.07) is 13.3. The number of sulfonamides is 1. The Morgan fingerprint density at radius 1 is 1.12 bits per heavy atom. The average Bonchev–Trinajstić information content (AvgIpc) is 3.14. The molecule has 0 fully saturated rings. The van der Waals surface area contributed by atoms with Crippen LogP contribution in [0.2, 0.25) is 0 Å². The maximum atomic E-state index is 13.2. The lowest BCUT2D eigenvalue weighted by Gasteiger charge is -2.21. The Balaban J connectivity index is 1.81. The minimum absolute atomic E-state index is 0.295. The van der Waals surface area contributed by atoms with Gasteiger partial charge in [-0.15, -0.1) is 0 Å². The minimum atomic E-state index is -3.57. The number of hydrogen-bond acceptors (Lipinski definition) is 4. The Kier molecular flexibility index (Phi) is 8.82. The Morgan fingerprint density at radius 2 is 1.85 bits per heavy atom. The van der Waals surface area contributed by atoms with E-state index in [9.17, 15) is 8.42 Å². The summed E-state index contributed by atoms with van der Waals surface area (Å²) in [5, 5.41) is 8.60. The monoisotopic (exact) mass is 499 g/mol. The summed E-state index contributed by atoms with van der Waals surface area (Å²) in [7, 11) is -1.64. The summed E-state index contributed by atoms with van der Waals surface area (Å²) in [4.78, 5) is 0.295. The number of aryl methyl sites for hydroxylation is 2. The molecule has 0 aliphatic carbocycles. The van der Waals surface area contributed by atoms with Crippen molar-refractivity contribution < 1.29 is 8.42 Å². The van der Waals surface area contributed by atoms with Gasteiger partial charge in [0.2, 0.25) is 10.0 Å². The minimum Gasteiger partial charge on any atom is -0.350 e. The van der Waals surface area contributed by atoms with Gasteiger partial charge >= 0.3 is 0 Å². The van der Waals surface area contributed by atoms with Gasteiger partial charge in [0.15, 0.2) is 5.11 Å². The molecule has 34 heavy (non-hydrogen) atoms. The van der Waals surface area contributed by atoms with Crippen LogP contribution in [0, 0.1) is 0 Å². The summed E-state index contributed by atoms with van der Waals surface area (Å²) in [5.41, 5.74) is 6.68. The molecular weight excluding hydrogens is 466 g/mol. The maximum absolute atomic E-state index is 13.2. The van der Waals surface area contributed by atoms with Gasteiger partial charge in [-0.2, -0.15) is 9.41 Å². The zero-order valence-corrected chi connectivity index (χ0v) is 21.8. The highest BCUT2D eigenvalue weighted by Crippen LogP contribution is 2.25. The van der Waals surface area contributed by atoms with E-state index in [1.165, 1.54) is 5.56 Å². The maximum Gasteiger partial charge on any atom is 0.243 e. The largest absolute Gasteiger partial charge is 0.350 e. The van der Waals surface area contributed by atoms with Crippen molar-refractivity contribution in [3.63, 3.8) is 0 Å². The van der Waals surface area contributed by atoms with Crippen molar-refractivity contribution in [2.24, 2.45) is 12.1 Å². The van der Waals surface area contributed by atoms with Gasteiger partial charge in [0.05, 0.1) is 11.1 Å². The van der Waals surface area contributed by atoms with Crippen molar-refractivity contribution in [2.45, 2.75) is 44.9 Å². The van der Waals surface area contributed by atoms with Crippen LogP contribution < -0.4 is 10.7 Å². The first-order valence-electron chi connectivity index (χ1n) is 11.6. The summed E-state index contributed by atoms with van der Waals surface area (Å²) in [6.07, 6.45) is 6.07. The van der Waals surface area contributed by atoms with Gasteiger partial charge in [0.1, 0.15) is 0 Å². The predicted molar refractivity (Wildman–Crippen MR) is 145 cm³/mol. The van der Waals surface area contributed by atoms with Gasteiger partial charge in [-0.3, -0.25) is 5.43 Å². The van der Waals surface area contributed by atoms with E-state index >= 15 is 0 Å². The fraction of sp³-hybridized carbons (Fsp3) is 0.360. The molecule has 9 heteroatoms. The van der Waals surface area contributed by atoms with Crippen LogP contribution in [0.4, 0.5) is 5.69 Å². The predicted octanol–water partition coefficient (Wildman–Crippen LogP) is 4.87. The molecule has 3 rings (SSSR count). The highest BCUT2D eigenvalue weighted by Gasteiger charge is 2.24. The van der Waals surface area contributed by atoms with E-state index in [0.29, 0.717) is 23.1 Å². The normalized spacial score (nSPS) is 12.0. The van der Waals surface area contributed by atoms with Crippen LogP contribution in [-0.4, -0.2) is 41.7 Å². The fourth-order valence-electron chi connectivity index (χ4n) is 3.85. The van der Waals surface area contributed by atoms with Gasteiger partial charge in [-0.25, -0.2) is 8.42 Å². The van der Waals surface area contributed by atoms with Gasteiger partial charge in [-0.1, -0.05) is 32.9 Å². The topological polar surface area (TPSA) is 78.7 Å². The molecule has 0 unspecified atom stereocenters. The molecule has 0 bridgehead atoms. The summed E-state index contributed by atoms with van der Waals surface area (Å²) in [5.74, 6) is 0. The Labute approximate surface area is 207 Å². The van der Waals surface area contributed by atoms with Crippen molar-refractivity contribution in [3.05, 3.63) is 59.8 Å². The molecule has 0 saturated carbocycles. The molecule has 2 N–H and O–H groups in total. The molecule has 3 aromatic rings. The van der Waals surface area contributed by atoms with Crippen LogP contribution in [0.25, 0.3) is 10.9 Å². The average molecular weight is 500 g/mol. The molecule has 0 spiro atoms. The van der Waals surface area contributed by atoms with E-state index in [1.54, 1.807) is 22.7 Å². The number of fused-ring (bicyclic) bond motifs is 1. The number of nitrogens with zero attached hydrogens (tertiary/aromatic N) is 3. The quantitative estimate of drug-likeness (QED) is 0.236. The number of benzene rings is 2. The lowest BCUT2D eigenvalue weighted by molar-refractivity contribution is 0.410. The first kappa shape index (κ1) is 25.9. The third-order valence-electron chi connectivity index (χ3n) is 5.54. The van der Waals surface area contributed by atoms with Gasteiger partial charge in [0.25, 0.3) is 0 Å². The molecule has 0 saturated heterocycles. The molecule has 0 amide bonds. The Morgan fingerprint density at radius 3 is 2.53 bits per heavy atom. The third kappa shape index (κ3) is 6.02. The van der Waals surface area contributed by atoms with Crippen LogP contribution in [0.1, 0.15) is 44.7 Å². The smallest absolute Gasteiger partial charge is 0.243 e. The van der Waals surface area contributed by atoms with E-state index < -0.39 is 10.0 Å². The first-order chi connectivity index (χ1) is 16.3. The second-order valence-corrected chi connectivity index (χ2v) is 10.5. The van der Waals surface area contributed by atoms with Gasteiger partial charge < -0.3 is 9.88 Å². The number of nitrogens with one attached hydrogen (secondary N) is 2. The van der Waals surface area contributed by atoms with E-state index in [2.05, 4.69) is 28.8 Å². The molecule has 0 radical (unpaired) electrons. The van der Waals surface area contributed by atoms with Crippen molar-refractivity contribution >= 4 is 50.2 Å². The highest BCUT2D eigenvalue weighted by molar-refractivity contribution is 7.89. The lowest BCUT2D eigenvalue weighted by atomic mass is 10.1. The second-order valence-electron chi connectivity index (χ2n) is 8.16. The van der Waals surface area contributed by atoms with E-state index in [-0.39, 0.29) is 0 Å². The van der Waals surface area contributed by atoms with E-state index in [4.69, 9.17) is 12.2 Å². The van der Waals surface area contributed by atoms with Crippen molar-refractivity contribution in [3.8, 4) is 0 Å². The lowest BCUT2D eigenvalue weighted by Crippen LogP contribution is -2.32. The SMILES string of the molecule is CCCN(CCC)S(=O)(=O)c1ccc2c(c1)c(C=NNC(=S)Nc1cccc(CC)c1)cn2C. The molecule has 1 aromatic heterocycles. The molecule has 0 aliphatic rings.